The molecular weight excluding hydrogens is 640 g/mol. The van der Waals surface area contributed by atoms with E-state index in [1.54, 1.807) is 24.3 Å². The number of aromatic hydroxyl groups is 2. The third-order valence-electron chi connectivity index (χ3n) is 8.50. The standard InChI is InChI=1S/C32H42O16/c1-13-21(35)24(38)27(41)30(44-13)43-12-20-23(37)26(40)29(48-31-28(42)25(39)22(36)14(2)45-31)32(47-20)46-19-10-16(9-18(34)11-19)4-3-15-5-7-17(33)8-6-15/h3-11,13-14,20-42H,12H2,1-2H3/t13-,14-,20+,21-,22-,23+,24+,25+,26-,27+,28+,29+,30+,31-,32+/m0/s1. The Kier molecular flexibility index (Phi) is 11.6. The molecule has 48 heavy (non-hydrogen) atoms. The van der Waals surface area contributed by atoms with E-state index in [2.05, 4.69) is 0 Å². The first-order valence-corrected chi connectivity index (χ1v) is 15.4. The fourth-order valence-corrected chi connectivity index (χ4v) is 5.59. The molecule has 5 rings (SSSR count). The van der Waals surface area contributed by atoms with Crippen molar-refractivity contribution in [2.45, 2.75) is 106 Å². The summed E-state index contributed by atoms with van der Waals surface area (Å²) in [5, 5.41) is 104. The van der Waals surface area contributed by atoms with Gasteiger partial charge in [0.05, 0.1) is 18.8 Å². The van der Waals surface area contributed by atoms with Crippen LogP contribution in [0.15, 0.2) is 42.5 Å². The molecule has 0 spiro atoms. The van der Waals surface area contributed by atoms with Gasteiger partial charge in [0, 0.05) is 6.07 Å². The van der Waals surface area contributed by atoms with Gasteiger partial charge < -0.3 is 79.5 Å². The first kappa shape index (κ1) is 36.3. The van der Waals surface area contributed by atoms with Crippen molar-refractivity contribution in [2.24, 2.45) is 0 Å². The quantitative estimate of drug-likeness (QED) is 0.130. The Morgan fingerprint density at radius 3 is 1.81 bits per heavy atom. The number of phenolic OH excluding ortho intramolecular Hbond substituents is 2. The minimum Gasteiger partial charge on any atom is -0.508 e. The van der Waals surface area contributed by atoms with Crippen molar-refractivity contribution in [1.82, 2.24) is 0 Å². The van der Waals surface area contributed by atoms with Crippen LogP contribution >= 0.6 is 0 Å². The summed E-state index contributed by atoms with van der Waals surface area (Å²) in [4.78, 5) is 0. The Hall–Kier alpha value is -2.94. The van der Waals surface area contributed by atoms with Crippen LogP contribution in [0.3, 0.4) is 0 Å². The maximum Gasteiger partial charge on any atom is 0.229 e. The fourth-order valence-electron chi connectivity index (χ4n) is 5.59. The summed E-state index contributed by atoms with van der Waals surface area (Å²) in [5.74, 6) is -0.0878. The lowest BCUT2D eigenvalue weighted by Crippen LogP contribution is -2.65. The molecule has 0 bridgehead atoms. The van der Waals surface area contributed by atoms with Gasteiger partial charge in [-0.25, -0.2) is 0 Å². The normalized spacial score (nSPS) is 40.6. The van der Waals surface area contributed by atoms with Crippen LogP contribution in [0.2, 0.25) is 0 Å². The summed E-state index contributed by atoms with van der Waals surface area (Å²) in [6.45, 7) is 2.37. The highest BCUT2D eigenvalue weighted by molar-refractivity contribution is 5.71. The largest absolute Gasteiger partial charge is 0.508 e. The maximum atomic E-state index is 11.2. The van der Waals surface area contributed by atoms with Crippen LogP contribution in [0.25, 0.3) is 12.2 Å². The zero-order chi connectivity index (χ0) is 34.9. The average Bonchev–Trinajstić information content (AvgIpc) is 3.05. The van der Waals surface area contributed by atoms with E-state index < -0.39 is 98.7 Å². The van der Waals surface area contributed by atoms with Gasteiger partial charge in [-0.2, -0.15) is 0 Å². The molecule has 0 unspecified atom stereocenters. The first-order chi connectivity index (χ1) is 22.7. The van der Waals surface area contributed by atoms with Crippen LogP contribution in [0.1, 0.15) is 25.0 Å². The highest BCUT2D eigenvalue weighted by Crippen LogP contribution is 2.33. The van der Waals surface area contributed by atoms with E-state index in [-0.39, 0.29) is 17.2 Å². The Labute approximate surface area is 275 Å². The van der Waals surface area contributed by atoms with Gasteiger partial charge in [-0.3, -0.25) is 0 Å². The summed E-state index contributed by atoms with van der Waals surface area (Å²) < 4.78 is 34.3. The molecule has 2 aromatic rings. The molecule has 266 valence electrons. The summed E-state index contributed by atoms with van der Waals surface area (Å²) in [5.41, 5.74) is 1.22. The number of phenols is 2. The van der Waals surface area contributed by atoms with Crippen LogP contribution in [-0.2, 0) is 23.7 Å². The van der Waals surface area contributed by atoms with Crippen LogP contribution in [0.4, 0.5) is 0 Å². The molecule has 0 aromatic heterocycles. The third kappa shape index (κ3) is 8.09. The molecule has 10 N–H and O–H groups in total. The fraction of sp³-hybridized carbons (Fsp3) is 0.562. The second-order valence-electron chi connectivity index (χ2n) is 12.1. The van der Waals surface area contributed by atoms with E-state index in [4.69, 9.17) is 28.4 Å². The smallest absolute Gasteiger partial charge is 0.229 e. The summed E-state index contributed by atoms with van der Waals surface area (Å²) in [6, 6.07) is 10.6. The minimum absolute atomic E-state index is 0.0214. The molecule has 16 heteroatoms. The molecule has 15 atom stereocenters. The maximum absolute atomic E-state index is 11.2. The van der Waals surface area contributed by atoms with E-state index in [1.807, 2.05) is 0 Å². The number of rotatable bonds is 9. The number of aliphatic hydroxyl groups excluding tert-OH is 8. The lowest BCUT2D eigenvalue weighted by molar-refractivity contribution is -0.360. The van der Waals surface area contributed by atoms with Crippen molar-refractivity contribution in [3.05, 3.63) is 53.6 Å². The highest BCUT2D eigenvalue weighted by atomic mass is 16.8. The number of hydrogen-bond acceptors (Lipinski definition) is 16. The molecule has 2 aromatic carbocycles. The van der Waals surface area contributed by atoms with E-state index in [9.17, 15) is 51.1 Å². The molecule has 3 aliphatic heterocycles. The average molecular weight is 683 g/mol. The third-order valence-corrected chi connectivity index (χ3v) is 8.50. The van der Waals surface area contributed by atoms with Gasteiger partial charge in [-0.1, -0.05) is 24.3 Å². The SMILES string of the molecule is C[C@@H]1O[C@@H](OC[C@H]2O[C@@H](Oc3cc(O)cc(C=Cc4ccc(O)cc4)c3)[C@H](O[C@@H]3O[C@@H](C)[C@H](O)[C@@H](O)[C@H]3O)[C@@H](O)[C@@H]2O)[C@H](O)[C@H](O)[C@H]1O. The van der Waals surface area contributed by atoms with Crippen molar-refractivity contribution in [1.29, 1.82) is 0 Å². The molecule has 0 saturated carbocycles. The molecule has 3 heterocycles. The monoisotopic (exact) mass is 682 g/mol. The molecular formula is C32H42O16. The minimum atomic E-state index is -1.80. The molecule has 16 nitrogen and oxygen atoms in total. The van der Waals surface area contributed by atoms with Gasteiger partial charge in [-0.15, -0.1) is 0 Å². The van der Waals surface area contributed by atoms with E-state index >= 15 is 0 Å². The van der Waals surface area contributed by atoms with Crippen LogP contribution in [-0.4, -0.2) is 150 Å². The van der Waals surface area contributed by atoms with Crippen molar-refractivity contribution >= 4 is 12.2 Å². The van der Waals surface area contributed by atoms with Gasteiger partial charge in [0.2, 0.25) is 6.29 Å². The van der Waals surface area contributed by atoms with E-state index in [1.165, 1.54) is 44.2 Å². The molecule has 0 amide bonds. The predicted molar refractivity (Wildman–Crippen MR) is 162 cm³/mol. The van der Waals surface area contributed by atoms with Crippen LogP contribution < -0.4 is 4.74 Å². The molecule has 3 aliphatic rings. The summed E-state index contributed by atoms with van der Waals surface area (Å²) >= 11 is 0. The molecule has 0 radical (unpaired) electrons. The van der Waals surface area contributed by atoms with E-state index in [0.29, 0.717) is 5.56 Å². The predicted octanol–water partition coefficient (Wildman–Crippen LogP) is -1.85. The summed E-state index contributed by atoms with van der Waals surface area (Å²) in [7, 11) is 0. The van der Waals surface area contributed by atoms with Crippen LogP contribution in [0, 0.1) is 0 Å². The zero-order valence-corrected chi connectivity index (χ0v) is 26.0. The Morgan fingerprint density at radius 2 is 1.17 bits per heavy atom. The second kappa shape index (κ2) is 15.3. The second-order valence-corrected chi connectivity index (χ2v) is 12.1. The molecule has 3 saturated heterocycles. The van der Waals surface area contributed by atoms with Gasteiger partial charge in [-0.05, 0) is 49.2 Å². The van der Waals surface area contributed by atoms with Gasteiger partial charge in [0.15, 0.2) is 18.7 Å². The Morgan fingerprint density at radius 1 is 0.583 bits per heavy atom. The van der Waals surface area contributed by atoms with Crippen LogP contribution in [0.5, 0.6) is 17.2 Å². The summed E-state index contributed by atoms with van der Waals surface area (Å²) in [6.07, 6.45) is -19.2. The molecule has 3 fully saturated rings. The van der Waals surface area contributed by atoms with Crippen molar-refractivity contribution in [2.75, 3.05) is 6.61 Å². The van der Waals surface area contributed by atoms with Gasteiger partial charge in [0.1, 0.15) is 72.2 Å². The topological polar surface area (TPSA) is 258 Å². The lowest BCUT2D eigenvalue weighted by atomic mass is 9.97. The van der Waals surface area contributed by atoms with E-state index in [0.717, 1.165) is 5.56 Å². The number of ether oxygens (including phenoxy) is 6. The Balaban J connectivity index is 1.37. The van der Waals surface area contributed by atoms with Gasteiger partial charge in [0.25, 0.3) is 0 Å². The lowest BCUT2D eigenvalue weighted by Gasteiger charge is -2.46. The highest BCUT2D eigenvalue weighted by Gasteiger charge is 2.52. The molecule has 0 aliphatic carbocycles. The van der Waals surface area contributed by atoms with Gasteiger partial charge >= 0.3 is 0 Å². The van der Waals surface area contributed by atoms with Crippen molar-refractivity contribution in [3.8, 4) is 17.2 Å². The Bertz CT molecular complexity index is 1370. The zero-order valence-electron chi connectivity index (χ0n) is 26.0. The number of hydrogen-bond donors (Lipinski definition) is 10. The number of aliphatic hydroxyl groups is 8. The number of benzene rings is 2. The van der Waals surface area contributed by atoms with Crippen molar-refractivity contribution in [3.63, 3.8) is 0 Å². The first-order valence-electron chi connectivity index (χ1n) is 15.4. The van der Waals surface area contributed by atoms with Crippen molar-refractivity contribution < 1.29 is 79.5 Å².